The van der Waals surface area contributed by atoms with Gasteiger partial charge in [-0.05, 0) is 56.1 Å². The molecule has 0 bridgehead atoms. The molecule has 6 aromatic rings. The van der Waals surface area contributed by atoms with Gasteiger partial charge in [-0.2, -0.15) is 5.26 Å². The third-order valence-electron chi connectivity index (χ3n) is 6.10. The molecule has 0 radical (unpaired) electrons. The van der Waals surface area contributed by atoms with E-state index in [-0.39, 0.29) is 5.82 Å². The lowest BCUT2D eigenvalue weighted by atomic mass is 9.88. The van der Waals surface area contributed by atoms with Crippen LogP contribution >= 0.6 is 11.6 Å². The number of benzene rings is 5. The van der Waals surface area contributed by atoms with Crippen molar-refractivity contribution in [3.8, 4) is 28.5 Å². The first-order valence-corrected chi connectivity index (χ1v) is 10.7. The standard InChI is InChI=1S/C28H16ClN3/c29-20-6-2-5-19(13-20)25-14-23(24(15-30)28(31)32-25)21-11-9-18-8-7-16-3-1-4-17-10-12-22(21)27(18)26(16)17/h1-14H,(H2,31,32). The number of hydrogen-bond donors (Lipinski definition) is 1. The lowest BCUT2D eigenvalue weighted by Crippen LogP contribution is -2.00. The second-order valence-corrected chi connectivity index (χ2v) is 8.34. The van der Waals surface area contributed by atoms with Crippen molar-refractivity contribution in [2.24, 2.45) is 0 Å². The van der Waals surface area contributed by atoms with Gasteiger partial charge in [0.15, 0.2) is 0 Å². The number of nitrogens with zero attached hydrogens (tertiary/aromatic N) is 2. The SMILES string of the molecule is N#Cc1c(-c2ccc3ccc4cccc5ccc2c3c45)cc(-c2cccc(Cl)c2)nc1N. The fraction of sp³-hybridized carbons (Fsp3) is 0. The largest absolute Gasteiger partial charge is 0.383 e. The summed E-state index contributed by atoms with van der Waals surface area (Å²) in [5.74, 6) is 0.214. The normalized spacial score (nSPS) is 11.4. The van der Waals surface area contributed by atoms with Crippen molar-refractivity contribution in [2.45, 2.75) is 0 Å². The average Bonchev–Trinajstić information content (AvgIpc) is 2.82. The van der Waals surface area contributed by atoms with Crippen molar-refractivity contribution in [1.29, 1.82) is 5.26 Å². The van der Waals surface area contributed by atoms with E-state index < -0.39 is 0 Å². The molecule has 5 aromatic carbocycles. The second kappa shape index (κ2) is 6.95. The van der Waals surface area contributed by atoms with Gasteiger partial charge in [0.1, 0.15) is 17.5 Å². The molecule has 150 valence electrons. The number of nitrogen functional groups attached to an aromatic ring is 1. The minimum absolute atomic E-state index is 0.214. The lowest BCUT2D eigenvalue weighted by Gasteiger charge is -2.16. The fourth-order valence-electron chi connectivity index (χ4n) is 4.66. The zero-order valence-corrected chi connectivity index (χ0v) is 17.7. The third kappa shape index (κ3) is 2.71. The van der Waals surface area contributed by atoms with Gasteiger partial charge in [0.2, 0.25) is 0 Å². The van der Waals surface area contributed by atoms with E-state index >= 15 is 0 Å². The van der Waals surface area contributed by atoms with Gasteiger partial charge >= 0.3 is 0 Å². The van der Waals surface area contributed by atoms with Gasteiger partial charge < -0.3 is 5.73 Å². The summed E-state index contributed by atoms with van der Waals surface area (Å²) in [5, 5.41) is 17.6. The summed E-state index contributed by atoms with van der Waals surface area (Å²) in [6.07, 6.45) is 0. The highest BCUT2D eigenvalue weighted by molar-refractivity contribution is 6.30. The van der Waals surface area contributed by atoms with Crippen LogP contribution in [0.2, 0.25) is 5.02 Å². The van der Waals surface area contributed by atoms with Gasteiger partial charge in [-0.15, -0.1) is 0 Å². The van der Waals surface area contributed by atoms with Crippen LogP contribution in [0.3, 0.4) is 0 Å². The van der Waals surface area contributed by atoms with Crippen LogP contribution in [0, 0.1) is 11.3 Å². The molecule has 0 aliphatic rings. The van der Waals surface area contributed by atoms with E-state index in [0.29, 0.717) is 16.3 Å². The molecular formula is C28H16ClN3. The predicted molar refractivity (Wildman–Crippen MR) is 133 cm³/mol. The number of nitrogens with two attached hydrogens (primary N) is 1. The van der Waals surface area contributed by atoms with Gasteiger partial charge in [0.25, 0.3) is 0 Å². The van der Waals surface area contributed by atoms with E-state index in [9.17, 15) is 5.26 Å². The minimum Gasteiger partial charge on any atom is -0.383 e. The molecule has 3 nitrogen and oxygen atoms in total. The first-order chi connectivity index (χ1) is 15.6. The molecule has 1 heterocycles. The quantitative estimate of drug-likeness (QED) is 0.291. The number of rotatable bonds is 2. The van der Waals surface area contributed by atoms with E-state index in [4.69, 9.17) is 17.3 Å². The molecule has 4 heteroatoms. The maximum Gasteiger partial charge on any atom is 0.142 e. The summed E-state index contributed by atoms with van der Waals surface area (Å²) in [5.41, 5.74) is 9.92. The summed E-state index contributed by atoms with van der Waals surface area (Å²) in [4.78, 5) is 4.50. The van der Waals surface area contributed by atoms with E-state index in [0.717, 1.165) is 22.1 Å². The Morgan fingerprint density at radius 2 is 1.44 bits per heavy atom. The smallest absolute Gasteiger partial charge is 0.142 e. The van der Waals surface area contributed by atoms with Gasteiger partial charge in [0, 0.05) is 16.1 Å². The summed E-state index contributed by atoms with van der Waals surface area (Å²) in [7, 11) is 0. The number of anilines is 1. The molecule has 0 spiro atoms. The molecule has 0 amide bonds. The summed E-state index contributed by atoms with van der Waals surface area (Å²) >= 11 is 6.20. The topological polar surface area (TPSA) is 62.7 Å². The van der Waals surface area contributed by atoms with Crippen molar-refractivity contribution in [3.63, 3.8) is 0 Å². The molecule has 1 aromatic heterocycles. The summed E-state index contributed by atoms with van der Waals surface area (Å²) < 4.78 is 0. The van der Waals surface area contributed by atoms with Crippen LogP contribution in [0.1, 0.15) is 5.56 Å². The third-order valence-corrected chi connectivity index (χ3v) is 6.33. The van der Waals surface area contributed by atoms with Crippen LogP contribution in [0.25, 0.3) is 54.7 Å². The zero-order chi connectivity index (χ0) is 21.8. The van der Waals surface area contributed by atoms with E-state index in [2.05, 4.69) is 65.7 Å². The van der Waals surface area contributed by atoms with Crippen LogP contribution in [0.5, 0.6) is 0 Å². The Hall–Kier alpha value is -4.13. The van der Waals surface area contributed by atoms with Crippen molar-refractivity contribution >= 4 is 49.7 Å². The molecule has 0 saturated carbocycles. The summed E-state index contributed by atoms with van der Waals surface area (Å²) in [6, 6.07) is 30.8. The molecule has 0 aliphatic carbocycles. The molecule has 0 saturated heterocycles. The van der Waals surface area contributed by atoms with E-state index in [1.54, 1.807) is 0 Å². The monoisotopic (exact) mass is 429 g/mol. The number of hydrogen-bond acceptors (Lipinski definition) is 3. The highest BCUT2D eigenvalue weighted by Gasteiger charge is 2.18. The molecule has 32 heavy (non-hydrogen) atoms. The number of halogens is 1. The van der Waals surface area contributed by atoms with Crippen molar-refractivity contribution in [1.82, 2.24) is 4.98 Å². The van der Waals surface area contributed by atoms with E-state index in [1.165, 1.54) is 26.9 Å². The molecule has 0 atom stereocenters. The molecular weight excluding hydrogens is 414 g/mol. The van der Waals surface area contributed by atoms with Gasteiger partial charge in [-0.3, -0.25) is 0 Å². The first kappa shape index (κ1) is 18.6. The number of aromatic nitrogens is 1. The molecule has 0 aliphatic heterocycles. The minimum atomic E-state index is 0.214. The van der Waals surface area contributed by atoms with Crippen molar-refractivity contribution in [3.05, 3.63) is 95.5 Å². The van der Waals surface area contributed by atoms with Gasteiger partial charge in [-0.25, -0.2) is 4.98 Å². The van der Waals surface area contributed by atoms with Crippen LogP contribution in [-0.4, -0.2) is 4.98 Å². The Balaban J connectivity index is 1.71. The lowest BCUT2D eigenvalue weighted by molar-refractivity contribution is 1.31. The molecule has 2 N–H and O–H groups in total. The molecule has 0 unspecified atom stereocenters. The van der Waals surface area contributed by atoms with Crippen LogP contribution in [0.4, 0.5) is 5.82 Å². The Labute approximate surface area is 189 Å². The Morgan fingerprint density at radius 1 is 0.750 bits per heavy atom. The second-order valence-electron chi connectivity index (χ2n) is 7.91. The average molecular weight is 430 g/mol. The highest BCUT2D eigenvalue weighted by Crippen LogP contribution is 2.41. The van der Waals surface area contributed by atoms with Crippen molar-refractivity contribution < 1.29 is 0 Å². The maximum atomic E-state index is 9.92. The fourth-order valence-corrected chi connectivity index (χ4v) is 4.85. The van der Waals surface area contributed by atoms with Crippen LogP contribution in [0.15, 0.2) is 84.9 Å². The van der Waals surface area contributed by atoms with Crippen molar-refractivity contribution in [2.75, 3.05) is 5.73 Å². The molecule has 0 fully saturated rings. The predicted octanol–water partition coefficient (Wildman–Crippen LogP) is 7.42. The summed E-state index contributed by atoms with van der Waals surface area (Å²) in [6.45, 7) is 0. The Kier molecular flexibility index (Phi) is 4.04. The molecule has 6 rings (SSSR count). The van der Waals surface area contributed by atoms with Gasteiger partial charge in [0.05, 0.1) is 5.69 Å². The number of nitriles is 1. The Bertz CT molecular complexity index is 1700. The zero-order valence-electron chi connectivity index (χ0n) is 16.9. The first-order valence-electron chi connectivity index (χ1n) is 10.3. The van der Waals surface area contributed by atoms with Crippen LogP contribution < -0.4 is 5.73 Å². The highest BCUT2D eigenvalue weighted by atomic mass is 35.5. The van der Waals surface area contributed by atoms with Gasteiger partial charge in [-0.1, -0.05) is 78.3 Å². The van der Waals surface area contributed by atoms with E-state index in [1.807, 2.05) is 30.3 Å². The van der Waals surface area contributed by atoms with Crippen LogP contribution in [-0.2, 0) is 0 Å². The Morgan fingerprint density at radius 3 is 2.19 bits per heavy atom. The maximum absolute atomic E-state index is 9.92. The number of pyridine rings is 1.